The van der Waals surface area contributed by atoms with Gasteiger partial charge in [-0.25, -0.2) is 4.79 Å². The fraction of sp³-hybridized carbons (Fsp3) is 0.467. The summed E-state index contributed by atoms with van der Waals surface area (Å²) in [7, 11) is 0. The molecule has 0 aromatic heterocycles. The molecule has 1 aliphatic carbocycles. The van der Waals surface area contributed by atoms with Gasteiger partial charge in [0.05, 0.1) is 5.56 Å². The van der Waals surface area contributed by atoms with E-state index in [0.717, 1.165) is 12.8 Å². The van der Waals surface area contributed by atoms with Crippen LogP contribution in [-0.4, -0.2) is 35.7 Å². The zero-order valence-electron chi connectivity index (χ0n) is 11.6. The second-order valence-electron chi connectivity index (χ2n) is 5.38. The lowest BCUT2D eigenvalue weighted by Crippen LogP contribution is -2.52. The lowest BCUT2D eigenvalue weighted by atomic mass is 9.97. The largest absolute Gasteiger partial charge is 0.486 e. The van der Waals surface area contributed by atoms with Gasteiger partial charge in [-0.3, -0.25) is 4.79 Å². The van der Waals surface area contributed by atoms with E-state index in [9.17, 15) is 14.7 Å². The van der Waals surface area contributed by atoms with Crippen LogP contribution in [0, 0.1) is 0 Å². The highest BCUT2D eigenvalue weighted by Gasteiger charge is 2.43. The molecule has 112 valence electrons. The van der Waals surface area contributed by atoms with Gasteiger partial charge in [0.2, 0.25) is 0 Å². The molecule has 1 heterocycles. The molecule has 1 aliphatic heterocycles. The third kappa shape index (κ3) is 2.41. The Labute approximate surface area is 122 Å². The third-order valence-electron chi connectivity index (χ3n) is 4.03. The van der Waals surface area contributed by atoms with Crippen LogP contribution in [0.5, 0.6) is 11.5 Å². The van der Waals surface area contributed by atoms with Crippen molar-refractivity contribution in [2.45, 2.75) is 31.2 Å². The molecule has 1 aromatic carbocycles. The summed E-state index contributed by atoms with van der Waals surface area (Å²) in [6.45, 7) is 0.818. The number of benzene rings is 1. The van der Waals surface area contributed by atoms with Gasteiger partial charge in [0.1, 0.15) is 18.8 Å². The van der Waals surface area contributed by atoms with Crippen LogP contribution in [0.25, 0.3) is 0 Å². The van der Waals surface area contributed by atoms with Crippen molar-refractivity contribution in [3.63, 3.8) is 0 Å². The molecule has 1 amide bonds. The molecule has 0 spiro atoms. The minimum atomic E-state index is -1.16. The predicted molar refractivity (Wildman–Crippen MR) is 73.7 cm³/mol. The van der Waals surface area contributed by atoms with Crippen molar-refractivity contribution in [2.24, 2.45) is 0 Å². The van der Waals surface area contributed by atoms with Crippen molar-refractivity contribution in [2.75, 3.05) is 13.2 Å². The number of carbonyl (C=O) groups excluding carboxylic acids is 1. The summed E-state index contributed by atoms with van der Waals surface area (Å²) in [6, 6.07) is 5.05. The predicted octanol–water partition coefficient (Wildman–Crippen LogP) is 1.58. The molecule has 0 radical (unpaired) electrons. The first-order valence-electron chi connectivity index (χ1n) is 7.07. The monoisotopic (exact) mass is 291 g/mol. The zero-order valence-corrected chi connectivity index (χ0v) is 11.6. The third-order valence-corrected chi connectivity index (χ3v) is 4.03. The topological polar surface area (TPSA) is 84.9 Å². The quantitative estimate of drug-likeness (QED) is 0.883. The average molecular weight is 291 g/mol. The van der Waals surface area contributed by atoms with Crippen LogP contribution < -0.4 is 14.8 Å². The van der Waals surface area contributed by atoms with Gasteiger partial charge in [-0.1, -0.05) is 18.9 Å². The summed E-state index contributed by atoms with van der Waals surface area (Å²) < 4.78 is 10.9. The highest BCUT2D eigenvalue weighted by molar-refractivity contribution is 6.00. The molecule has 1 fully saturated rings. The number of para-hydroxylation sites is 1. The molecular formula is C15H17NO5. The molecular weight excluding hydrogens is 274 g/mol. The molecule has 21 heavy (non-hydrogen) atoms. The van der Waals surface area contributed by atoms with Crippen LogP contribution in [0.3, 0.4) is 0 Å². The Bertz CT molecular complexity index is 577. The van der Waals surface area contributed by atoms with E-state index in [4.69, 9.17) is 9.47 Å². The van der Waals surface area contributed by atoms with Gasteiger partial charge in [-0.2, -0.15) is 0 Å². The van der Waals surface area contributed by atoms with Crippen LogP contribution in [-0.2, 0) is 4.79 Å². The summed E-state index contributed by atoms with van der Waals surface area (Å²) >= 11 is 0. The lowest BCUT2D eigenvalue weighted by Gasteiger charge is -2.26. The van der Waals surface area contributed by atoms with Crippen molar-refractivity contribution < 1.29 is 24.2 Å². The highest BCUT2D eigenvalue weighted by atomic mass is 16.6. The van der Waals surface area contributed by atoms with Crippen LogP contribution in [0.4, 0.5) is 0 Å². The lowest BCUT2D eigenvalue weighted by molar-refractivity contribution is -0.144. The van der Waals surface area contributed by atoms with Gasteiger partial charge in [0, 0.05) is 0 Å². The number of fused-ring (bicyclic) bond motifs is 1. The van der Waals surface area contributed by atoms with Crippen molar-refractivity contribution in [1.82, 2.24) is 5.32 Å². The van der Waals surface area contributed by atoms with Gasteiger partial charge in [-0.05, 0) is 25.0 Å². The van der Waals surface area contributed by atoms with E-state index in [1.807, 2.05) is 0 Å². The summed E-state index contributed by atoms with van der Waals surface area (Å²) in [5.41, 5.74) is -0.838. The Morgan fingerprint density at radius 2 is 1.86 bits per heavy atom. The van der Waals surface area contributed by atoms with Crippen molar-refractivity contribution >= 4 is 11.9 Å². The number of hydrogen-bond acceptors (Lipinski definition) is 4. The molecule has 0 bridgehead atoms. The van der Waals surface area contributed by atoms with Gasteiger partial charge in [-0.15, -0.1) is 0 Å². The van der Waals surface area contributed by atoms with E-state index < -0.39 is 17.4 Å². The van der Waals surface area contributed by atoms with E-state index in [-0.39, 0.29) is 0 Å². The van der Waals surface area contributed by atoms with Crippen LogP contribution in [0.1, 0.15) is 36.0 Å². The Morgan fingerprint density at radius 1 is 1.14 bits per heavy atom. The molecule has 6 nitrogen and oxygen atoms in total. The Morgan fingerprint density at radius 3 is 2.57 bits per heavy atom. The average Bonchev–Trinajstić information content (AvgIpc) is 2.96. The zero-order chi connectivity index (χ0) is 14.9. The van der Waals surface area contributed by atoms with Gasteiger partial charge < -0.3 is 19.9 Å². The minimum Gasteiger partial charge on any atom is -0.486 e. The van der Waals surface area contributed by atoms with E-state index in [1.54, 1.807) is 18.2 Å². The Hall–Kier alpha value is -2.24. The molecule has 2 aliphatic rings. The fourth-order valence-corrected chi connectivity index (χ4v) is 2.91. The number of ether oxygens (including phenoxy) is 2. The maximum Gasteiger partial charge on any atom is 0.329 e. The van der Waals surface area contributed by atoms with E-state index in [1.165, 1.54) is 0 Å². The normalized spacial score (nSPS) is 19.0. The number of aliphatic carboxylic acids is 1. The molecule has 0 unspecified atom stereocenters. The summed E-state index contributed by atoms with van der Waals surface area (Å²) in [6.07, 6.45) is 2.53. The molecule has 3 rings (SSSR count). The van der Waals surface area contributed by atoms with Crippen LogP contribution in [0.15, 0.2) is 18.2 Å². The minimum absolute atomic E-state index is 0.319. The number of carboxylic acids is 1. The summed E-state index contributed by atoms with van der Waals surface area (Å²) in [4.78, 5) is 24.0. The number of carbonyl (C=O) groups is 2. The van der Waals surface area contributed by atoms with Crippen molar-refractivity contribution in [3.05, 3.63) is 23.8 Å². The number of nitrogens with one attached hydrogen (secondary N) is 1. The van der Waals surface area contributed by atoms with E-state index >= 15 is 0 Å². The number of amides is 1. The second-order valence-corrected chi connectivity index (χ2v) is 5.38. The van der Waals surface area contributed by atoms with E-state index in [2.05, 4.69) is 5.32 Å². The first kappa shape index (κ1) is 13.7. The van der Waals surface area contributed by atoms with Crippen LogP contribution >= 0.6 is 0 Å². The Balaban J connectivity index is 1.87. The highest BCUT2D eigenvalue weighted by Crippen LogP contribution is 2.35. The molecule has 0 atom stereocenters. The molecule has 6 heteroatoms. The molecule has 2 N–H and O–H groups in total. The van der Waals surface area contributed by atoms with Crippen molar-refractivity contribution in [3.8, 4) is 11.5 Å². The SMILES string of the molecule is O=C(NC1(C(=O)O)CCCC1)c1cccc2c1OCCO2. The fourth-order valence-electron chi connectivity index (χ4n) is 2.91. The van der Waals surface area contributed by atoms with Crippen molar-refractivity contribution in [1.29, 1.82) is 0 Å². The number of hydrogen-bond donors (Lipinski definition) is 2. The van der Waals surface area contributed by atoms with E-state index in [0.29, 0.717) is 43.1 Å². The molecule has 0 saturated heterocycles. The maximum absolute atomic E-state index is 12.5. The molecule has 1 saturated carbocycles. The number of rotatable bonds is 3. The molecule has 1 aromatic rings. The second kappa shape index (κ2) is 5.27. The Kier molecular flexibility index (Phi) is 3.45. The first-order valence-corrected chi connectivity index (χ1v) is 7.07. The van der Waals surface area contributed by atoms with Gasteiger partial charge in [0.25, 0.3) is 5.91 Å². The van der Waals surface area contributed by atoms with Crippen LogP contribution in [0.2, 0.25) is 0 Å². The van der Waals surface area contributed by atoms with Gasteiger partial charge in [0.15, 0.2) is 11.5 Å². The number of carboxylic acid groups (broad SMARTS) is 1. The maximum atomic E-state index is 12.5. The summed E-state index contributed by atoms with van der Waals surface area (Å²) in [5, 5.41) is 12.1. The first-order chi connectivity index (χ1) is 10.1. The standard InChI is InChI=1S/C15H17NO5/c17-13(16-15(14(18)19)6-1-2-7-15)10-4-3-5-11-12(10)21-9-8-20-11/h3-5H,1-2,6-9H2,(H,16,17)(H,18,19). The summed E-state index contributed by atoms with van der Waals surface area (Å²) in [5.74, 6) is -0.499. The van der Waals surface area contributed by atoms with Gasteiger partial charge >= 0.3 is 5.97 Å². The smallest absolute Gasteiger partial charge is 0.329 e.